The second-order valence-electron chi connectivity index (χ2n) is 6.39. The van der Waals surface area contributed by atoms with Gasteiger partial charge in [0.25, 0.3) is 5.91 Å². The van der Waals surface area contributed by atoms with Gasteiger partial charge >= 0.3 is 0 Å². The van der Waals surface area contributed by atoms with Crippen molar-refractivity contribution in [2.24, 2.45) is 5.73 Å². The number of hydrogen-bond acceptors (Lipinski definition) is 6. The van der Waals surface area contributed by atoms with Crippen LogP contribution in [0.3, 0.4) is 0 Å². The Morgan fingerprint density at radius 2 is 2.10 bits per heavy atom. The van der Waals surface area contributed by atoms with Gasteiger partial charge in [0.05, 0.1) is 37.0 Å². The average molecular weight is 395 g/mol. The van der Waals surface area contributed by atoms with E-state index in [-0.39, 0.29) is 18.7 Å². The predicted octanol–water partition coefficient (Wildman–Crippen LogP) is 1.65. The molecular formula is C19H18FN7O2. The molecule has 148 valence electrons. The maximum Gasteiger partial charge on any atom is 0.251 e. The highest BCUT2D eigenvalue weighted by atomic mass is 19.1. The molecule has 0 spiro atoms. The van der Waals surface area contributed by atoms with Crippen molar-refractivity contribution in [2.75, 3.05) is 11.9 Å². The van der Waals surface area contributed by atoms with Gasteiger partial charge in [-0.25, -0.2) is 9.37 Å². The van der Waals surface area contributed by atoms with Crippen LogP contribution in [0.4, 0.5) is 16.0 Å². The van der Waals surface area contributed by atoms with Gasteiger partial charge in [0.2, 0.25) is 0 Å². The number of aromatic nitrogens is 5. The van der Waals surface area contributed by atoms with E-state index in [1.807, 2.05) is 0 Å². The van der Waals surface area contributed by atoms with E-state index in [0.717, 1.165) is 10.9 Å². The molecule has 4 N–H and O–H groups in total. The zero-order valence-corrected chi connectivity index (χ0v) is 15.3. The van der Waals surface area contributed by atoms with Crippen LogP contribution in [0.2, 0.25) is 0 Å². The summed E-state index contributed by atoms with van der Waals surface area (Å²) in [4.78, 5) is 15.7. The summed E-state index contributed by atoms with van der Waals surface area (Å²) in [6, 6.07) is 8.07. The molecule has 29 heavy (non-hydrogen) atoms. The van der Waals surface area contributed by atoms with E-state index in [9.17, 15) is 9.18 Å². The molecule has 0 bridgehead atoms. The predicted molar refractivity (Wildman–Crippen MR) is 104 cm³/mol. The number of nitrogens with one attached hydrogen (secondary N) is 1. The summed E-state index contributed by atoms with van der Waals surface area (Å²) in [7, 11) is 0. The maximum absolute atomic E-state index is 14.6. The Balaban J connectivity index is 1.62. The summed E-state index contributed by atoms with van der Waals surface area (Å²) < 4.78 is 17.8. The molecule has 1 amide bonds. The number of amides is 1. The largest absolute Gasteiger partial charge is 0.394 e. The molecule has 0 atom stereocenters. The number of nitrogens with zero attached hydrogens (tertiary/aromatic N) is 5. The molecule has 0 fully saturated rings. The maximum atomic E-state index is 14.6. The van der Waals surface area contributed by atoms with E-state index in [0.29, 0.717) is 23.7 Å². The van der Waals surface area contributed by atoms with E-state index in [4.69, 9.17) is 10.8 Å². The van der Waals surface area contributed by atoms with Gasteiger partial charge in [0.15, 0.2) is 5.82 Å². The number of primary amides is 1. The minimum absolute atomic E-state index is 0.00196. The van der Waals surface area contributed by atoms with E-state index in [1.165, 1.54) is 6.07 Å². The molecule has 10 heteroatoms. The summed E-state index contributed by atoms with van der Waals surface area (Å²) in [6.45, 7) is 0.528. The first-order valence-electron chi connectivity index (χ1n) is 8.85. The van der Waals surface area contributed by atoms with E-state index >= 15 is 0 Å². The van der Waals surface area contributed by atoms with Gasteiger partial charge in [0, 0.05) is 35.5 Å². The molecule has 9 nitrogen and oxygen atoms in total. The molecule has 0 saturated heterocycles. The number of anilines is 2. The Morgan fingerprint density at radius 3 is 2.90 bits per heavy atom. The number of hydrogen-bond donors (Lipinski definition) is 3. The van der Waals surface area contributed by atoms with Crippen LogP contribution in [-0.4, -0.2) is 42.2 Å². The highest BCUT2D eigenvalue weighted by Crippen LogP contribution is 2.21. The van der Waals surface area contributed by atoms with Crippen LogP contribution in [0.1, 0.15) is 15.9 Å². The molecular weight excluding hydrogens is 377 g/mol. The third kappa shape index (κ3) is 3.78. The average Bonchev–Trinajstić information content (AvgIpc) is 3.30. The lowest BCUT2D eigenvalue weighted by atomic mass is 10.1. The minimum Gasteiger partial charge on any atom is -0.394 e. The second kappa shape index (κ2) is 7.68. The lowest BCUT2D eigenvalue weighted by molar-refractivity contribution is 0.0996. The summed E-state index contributed by atoms with van der Waals surface area (Å²) in [5.41, 5.74) is 6.11. The fourth-order valence-electron chi connectivity index (χ4n) is 3.01. The van der Waals surface area contributed by atoms with Gasteiger partial charge in [-0.05, 0) is 6.07 Å². The molecule has 0 aliphatic rings. The van der Waals surface area contributed by atoms with Crippen molar-refractivity contribution in [3.63, 3.8) is 0 Å². The van der Waals surface area contributed by atoms with Gasteiger partial charge in [-0.1, -0.05) is 12.1 Å². The van der Waals surface area contributed by atoms with Crippen LogP contribution in [0.5, 0.6) is 0 Å². The Bertz CT molecular complexity index is 1180. The van der Waals surface area contributed by atoms with Crippen LogP contribution in [0.25, 0.3) is 10.9 Å². The summed E-state index contributed by atoms with van der Waals surface area (Å²) in [5, 5.41) is 21.4. The normalized spacial score (nSPS) is 11.1. The van der Waals surface area contributed by atoms with Crippen LogP contribution in [0, 0.1) is 5.82 Å². The van der Waals surface area contributed by atoms with E-state index in [2.05, 4.69) is 20.5 Å². The Kier molecular flexibility index (Phi) is 4.92. The topological polar surface area (TPSA) is 124 Å². The molecule has 4 rings (SSSR count). The van der Waals surface area contributed by atoms with Crippen molar-refractivity contribution in [1.82, 2.24) is 24.5 Å². The van der Waals surface area contributed by atoms with Crippen LogP contribution < -0.4 is 11.1 Å². The molecule has 3 heterocycles. The second-order valence-corrected chi connectivity index (χ2v) is 6.39. The zero-order valence-electron chi connectivity index (χ0n) is 15.3. The highest BCUT2D eigenvalue weighted by molar-refractivity contribution is 5.93. The minimum atomic E-state index is -0.814. The Morgan fingerprint density at radius 1 is 1.24 bits per heavy atom. The van der Waals surface area contributed by atoms with E-state index in [1.54, 1.807) is 52.2 Å². The van der Waals surface area contributed by atoms with Crippen LogP contribution in [-0.2, 0) is 13.1 Å². The highest BCUT2D eigenvalue weighted by Gasteiger charge is 2.14. The summed E-state index contributed by atoms with van der Waals surface area (Å²) >= 11 is 0. The number of fused-ring (bicyclic) bond motifs is 1. The van der Waals surface area contributed by atoms with Crippen molar-refractivity contribution in [3.05, 3.63) is 65.9 Å². The molecule has 0 saturated carbocycles. The number of pyridine rings is 1. The Labute approximate surface area is 164 Å². The lowest BCUT2D eigenvalue weighted by Gasteiger charge is -2.08. The molecule has 0 unspecified atom stereocenters. The lowest BCUT2D eigenvalue weighted by Crippen LogP contribution is -2.15. The van der Waals surface area contributed by atoms with Crippen molar-refractivity contribution in [3.8, 4) is 0 Å². The summed E-state index contributed by atoms with van der Waals surface area (Å²) in [5.74, 6) is -0.340. The Hall–Kier alpha value is -3.79. The number of halogens is 1. The smallest absolute Gasteiger partial charge is 0.251 e. The number of aliphatic hydroxyl groups is 1. The third-order valence-corrected chi connectivity index (χ3v) is 4.42. The van der Waals surface area contributed by atoms with E-state index < -0.39 is 11.7 Å². The number of nitrogens with two attached hydrogens (primary N) is 1. The van der Waals surface area contributed by atoms with Gasteiger partial charge in [0.1, 0.15) is 11.6 Å². The molecule has 0 aliphatic carbocycles. The molecule has 1 aromatic carbocycles. The standard InChI is InChI=1S/C19H18FN7O2/c20-18-12(2-1-3-14(18)19(21)29)11-27-15-8-17(22-9-13(15)10-23-27)24-16-4-5-26(25-16)6-7-28/h1-5,8-10,28H,6-7,11H2,(H2,21,29)(H,22,24,25). The van der Waals surface area contributed by atoms with Crippen molar-refractivity contribution in [2.45, 2.75) is 13.1 Å². The van der Waals surface area contributed by atoms with Gasteiger partial charge in [-0.3, -0.25) is 14.2 Å². The molecule has 0 radical (unpaired) electrons. The van der Waals surface area contributed by atoms with Crippen LogP contribution >= 0.6 is 0 Å². The van der Waals surface area contributed by atoms with Gasteiger partial charge in [-0.2, -0.15) is 10.2 Å². The zero-order chi connectivity index (χ0) is 20.4. The first-order valence-corrected chi connectivity index (χ1v) is 8.85. The number of aliphatic hydroxyl groups excluding tert-OH is 1. The number of carbonyl (C=O) groups excluding carboxylic acids is 1. The molecule has 0 aliphatic heterocycles. The van der Waals surface area contributed by atoms with Crippen molar-refractivity contribution < 1.29 is 14.3 Å². The van der Waals surface area contributed by atoms with Gasteiger partial charge < -0.3 is 16.2 Å². The molecule has 3 aromatic heterocycles. The summed E-state index contributed by atoms with van der Waals surface area (Å²) in [6.07, 6.45) is 5.04. The third-order valence-electron chi connectivity index (χ3n) is 4.42. The van der Waals surface area contributed by atoms with Crippen molar-refractivity contribution >= 4 is 28.4 Å². The van der Waals surface area contributed by atoms with Gasteiger partial charge in [-0.15, -0.1) is 0 Å². The first kappa shape index (κ1) is 18.6. The van der Waals surface area contributed by atoms with Crippen molar-refractivity contribution in [1.29, 1.82) is 0 Å². The van der Waals surface area contributed by atoms with Crippen LogP contribution in [0.15, 0.2) is 48.9 Å². The number of benzene rings is 1. The fraction of sp³-hybridized carbons (Fsp3) is 0.158. The monoisotopic (exact) mass is 395 g/mol. The fourth-order valence-corrected chi connectivity index (χ4v) is 3.01. The quantitative estimate of drug-likeness (QED) is 0.437. The first-order chi connectivity index (χ1) is 14.0. The SMILES string of the molecule is NC(=O)c1cccc(Cn2ncc3cnc(Nc4ccn(CCO)n4)cc32)c1F. The number of rotatable bonds is 7. The number of carbonyl (C=O) groups is 1. The molecule has 4 aromatic rings.